The first kappa shape index (κ1) is 12.1. The average Bonchev–Trinajstić information content (AvgIpc) is 2.96. The van der Waals surface area contributed by atoms with Crippen molar-refractivity contribution >= 4 is 5.91 Å². The Hall–Kier alpha value is -1.99. The zero-order valence-corrected chi connectivity index (χ0v) is 9.83. The zero-order valence-electron chi connectivity index (χ0n) is 9.83. The number of aromatic nitrogens is 2. The highest BCUT2D eigenvalue weighted by atomic mass is 19.3. The molecule has 1 amide bonds. The maximum atomic E-state index is 12.9. The molecule has 102 valence electrons. The number of amides is 1. The van der Waals surface area contributed by atoms with Crippen molar-refractivity contribution in [3.8, 4) is 0 Å². The number of rotatable bonds is 1. The Bertz CT molecular complexity index is 664. The highest BCUT2D eigenvalue weighted by molar-refractivity contribution is 5.83. The topological polar surface area (TPSA) is 86.0 Å². The van der Waals surface area contributed by atoms with Crippen LogP contribution in [-0.4, -0.2) is 33.2 Å². The molecule has 1 saturated carbocycles. The van der Waals surface area contributed by atoms with Gasteiger partial charge in [-0.25, -0.2) is 13.6 Å². The Kier molecular flexibility index (Phi) is 2.38. The molecular formula is C11H11F2N3O3. The van der Waals surface area contributed by atoms with Gasteiger partial charge >= 0.3 is 5.69 Å². The maximum Gasteiger partial charge on any atom is 0.325 e. The summed E-state index contributed by atoms with van der Waals surface area (Å²) in [6.07, 6.45) is -0.160. The third kappa shape index (κ3) is 1.96. The molecule has 1 fully saturated rings. The number of hydrogen-bond donors (Lipinski definition) is 2. The summed E-state index contributed by atoms with van der Waals surface area (Å²) in [5.74, 6) is -4.77. The zero-order chi connectivity index (χ0) is 13.8. The largest absolute Gasteiger partial charge is 0.336 e. The number of nitrogens with one attached hydrogen (secondary N) is 2. The molecule has 2 heterocycles. The second-order valence-electron chi connectivity index (χ2n) is 4.89. The number of nitrogens with zero attached hydrogens (tertiary/aromatic N) is 1. The number of hydrogen-bond acceptors (Lipinski definition) is 3. The van der Waals surface area contributed by atoms with Gasteiger partial charge in [-0.1, -0.05) is 0 Å². The Morgan fingerprint density at radius 3 is 2.63 bits per heavy atom. The standard InChI is InChI=1S/C11H11F2N3O3/c12-11(13)3-6(11)9(18)16-2-1-5-7(4-16)14-10(19)15-8(5)17/h6H,1-4H2,(H2,14,15,17,19)/t6-/m0/s1. The SMILES string of the molecule is O=C([C@@H]1CC1(F)F)N1CCc2c([nH]c(=O)[nH]c2=O)C1. The first-order valence-electron chi connectivity index (χ1n) is 5.89. The van der Waals surface area contributed by atoms with Crippen molar-refractivity contribution in [2.24, 2.45) is 5.92 Å². The van der Waals surface area contributed by atoms with Gasteiger partial charge in [-0.05, 0) is 6.42 Å². The summed E-state index contributed by atoms with van der Waals surface area (Å²) in [5, 5.41) is 0. The van der Waals surface area contributed by atoms with Gasteiger partial charge in [0, 0.05) is 24.2 Å². The third-order valence-corrected chi connectivity index (χ3v) is 3.55. The minimum absolute atomic E-state index is 0.0000926. The highest BCUT2D eigenvalue weighted by Crippen LogP contribution is 2.49. The molecule has 1 aliphatic carbocycles. The molecule has 0 bridgehead atoms. The van der Waals surface area contributed by atoms with E-state index in [1.54, 1.807) is 0 Å². The number of carbonyl (C=O) groups is 1. The van der Waals surface area contributed by atoms with Crippen molar-refractivity contribution in [3.05, 3.63) is 32.1 Å². The van der Waals surface area contributed by atoms with Crippen LogP contribution in [0.5, 0.6) is 0 Å². The average molecular weight is 271 g/mol. The van der Waals surface area contributed by atoms with Crippen LogP contribution in [-0.2, 0) is 17.8 Å². The second kappa shape index (κ2) is 3.75. The fourth-order valence-corrected chi connectivity index (χ4v) is 2.37. The molecule has 0 radical (unpaired) electrons. The van der Waals surface area contributed by atoms with Crippen LogP contribution in [0.25, 0.3) is 0 Å². The van der Waals surface area contributed by atoms with Crippen molar-refractivity contribution < 1.29 is 13.6 Å². The highest BCUT2D eigenvalue weighted by Gasteiger charge is 2.62. The molecule has 1 aromatic rings. The van der Waals surface area contributed by atoms with Crippen molar-refractivity contribution in [3.63, 3.8) is 0 Å². The van der Waals surface area contributed by atoms with E-state index in [1.165, 1.54) is 4.90 Å². The van der Waals surface area contributed by atoms with E-state index in [0.29, 0.717) is 11.3 Å². The quantitative estimate of drug-likeness (QED) is 0.729. The van der Waals surface area contributed by atoms with E-state index < -0.39 is 35.4 Å². The lowest BCUT2D eigenvalue weighted by Crippen LogP contribution is -2.42. The van der Waals surface area contributed by atoms with Gasteiger partial charge < -0.3 is 9.88 Å². The molecule has 0 spiro atoms. The first-order valence-corrected chi connectivity index (χ1v) is 5.89. The Morgan fingerprint density at radius 2 is 2.00 bits per heavy atom. The molecule has 2 N–H and O–H groups in total. The molecule has 6 nitrogen and oxygen atoms in total. The normalized spacial score (nSPS) is 23.9. The van der Waals surface area contributed by atoms with Crippen molar-refractivity contribution in [1.82, 2.24) is 14.9 Å². The van der Waals surface area contributed by atoms with Crippen LogP contribution in [0.4, 0.5) is 8.78 Å². The van der Waals surface area contributed by atoms with E-state index in [9.17, 15) is 23.2 Å². The van der Waals surface area contributed by atoms with Crippen LogP contribution >= 0.6 is 0 Å². The lowest BCUT2D eigenvalue weighted by Gasteiger charge is -2.27. The van der Waals surface area contributed by atoms with Crippen molar-refractivity contribution in [2.75, 3.05) is 6.54 Å². The fraction of sp³-hybridized carbons (Fsp3) is 0.545. The molecule has 2 aliphatic rings. The van der Waals surface area contributed by atoms with Gasteiger partial charge in [0.15, 0.2) is 0 Å². The third-order valence-electron chi connectivity index (χ3n) is 3.55. The molecule has 1 aliphatic heterocycles. The fourth-order valence-electron chi connectivity index (χ4n) is 2.37. The summed E-state index contributed by atoms with van der Waals surface area (Å²) in [5.41, 5.74) is -0.402. The van der Waals surface area contributed by atoms with Crippen LogP contribution in [0.3, 0.4) is 0 Å². The van der Waals surface area contributed by atoms with Gasteiger partial charge in [0.05, 0.1) is 6.54 Å². The van der Waals surface area contributed by atoms with Crippen molar-refractivity contribution in [1.29, 1.82) is 0 Å². The van der Waals surface area contributed by atoms with Crippen LogP contribution < -0.4 is 11.2 Å². The number of aromatic amines is 2. The smallest absolute Gasteiger partial charge is 0.325 e. The molecule has 0 aromatic carbocycles. The molecule has 1 aromatic heterocycles. The van der Waals surface area contributed by atoms with Gasteiger partial charge in [0.25, 0.3) is 11.5 Å². The minimum atomic E-state index is -2.90. The predicted octanol–water partition coefficient (Wildman–Crippen LogP) is -0.397. The minimum Gasteiger partial charge on any atom is -0.336 e. The van der Waals surface area contributed by atoms with Crippen LogP contribution in [0.2, 0.25) is 0 Å². The maximum absolute atomic E-state index is 12.9. The van der Waals surface area contributed by atoms with Crippen LogP contribution in [0, 0.1) is 5.92 Å². The summed E-state index contributed by atoms with van der Waals surface area (Å²) in [7, 11) is 0. The van der Waals surface area contributed by atoms with Gasteiger partial charge in [0.1, 0.15) is 5.92 Å². The van der Waals surface area contributed by atoms with E-state index >= 15 is 0 Å². The number of fused-ring (bicyclic) bond motifs is 1. The monoisotopic (exact) mass is 271 g/mol. The second-order valence-corrected chi connectivity index (χ2v) is 4.89. The summed E-state index contributed by atoms with van der Waals surface area (Å²) < 4.78 is 25.7. The lowest BCUT2D eigenvalue weighted by atomic mass is 10.1. The molecule has 0 unspecified atom stereocenters. The Balaban J connectivity index is 1.85. The van der Waals surface area contributed by atoms with Gasteiger partial charge in [-0.2, -0.15) is 0 Å². The summed E-state index contributed by atoms with van der Waals surface area (Å²) >= 11 is 0. The van der Waals surface area contributed by atoms with Crippen molar-refractivity contribution in [2.45, 2.75) is 25.3 Å². The lowest BCUT2D eigenvalue weighted by molar-refractivity contribution is -0.135. The number of carbonyl (C=O) groups excluding carboxylic acids is 1. The Morgan fingerprint density at radius 1 is 1.32 bits per heavy atom. The predicted molar refractivity (Wildman–Crippen MR) is 59.9 cm³/mol. The van der Waals surface area contributed by atoms with E-state index in [2.05, 4.69) is 9.97 Å². The number of halogens is 2. The van der Waals surface area contributed by atoms with E-state index in [1.807, 2.05) is 0 Å². The van der Waals surface area contributed by atoms with Crippen LogP contribution in [0.15, 0.2) is 9.59 Å². The molecule has 0 saturated heterocycles. The summed E-state index contributed by atoms with van der Waals surface area (Å²) in [4.78, 5) is 40.3. The van der Waals surface area contributed by atoms with Gasteiger partial charge in [0.2, 0.25) is 5.91 Å². The molecular weight excluding hydrogens is 260 g/mol. The molecule has 3 rings (SSSR count). The van der Waals surface area contributed by atoms with E-state index in [4.69, 9.17) is 0 Å². The van der Waals surface area contributed by atoms with E-state index in [0.717, 1.165) is 0 Å². The van der Waals surface area contributed by atoms with E-state index in [-0.39, 0.29) is 19.5 Å². The van der Waals surface area contributed by atoms with Gasteiger partial charge in [-0.3, -0.25) is 14.6 Å². The first-order chi connectivity index (χ1) is 8.88. The number of H-pyrrole nitrogens is 2. The number of alkyl halides is 2. The molecule has 8 heteroatoms. The van der Waals surface area contributed by atoms with Crippen LogP contribution in [0.1, 0.15) is 17.7 Å². The molecule has 1 atom stereocenters. The molecule has 19 heavy (non-hydrogen) atoms. The summed E-state index contributed by atoms with van der Waals surface area (Å²) in [6.45, 7) is 0.216. The Labute approximate surface area is 105 Å². The summed E-state index contributed by atoms with van der Waals surface area (Å²) in [6, 6.07) is 0. The van der Waals surface area contributed by atoms with Gasteiger partial charge in [-0.15, -0.1) is 0 Å².